The number of imide groups is 1. The molecule has 1 saturated heterocycles. The first kappa shape index (κ1) is 22.3. The van der Waals surface area contributed by atoms with Crippen LogP contribution in [-0.4, -0.2) is 62.4 Å². The highest BCUT2D eigenvalue weighted by Gasteiger charge is 2.35. The maximum Gasteiger partial charge on any atom is 0.322 e. The van der Waals surface area contributed by atoms with E-state index < -0.39 is 27.6 Å². The molecule has 156 valence electrons. The van der Waals surface area contributed by atoms with Crippen LogP contribution in [0.15, 0.2) is 29.2 Å². The number of nitrogens with one attached hydrogen (secondary N) is 3. The Bertz CT molecular complexity index is 807. The molecule has 3 N–H and O–H groups in total. The second kappa shape index (κ2) is 8.59. The molecular formula is C19H31N4O4S+. The maximum absolute atomic E-state index is 12.8. The van der Waals surface area contributed by atoms with Crippen LogP contribution in [0.25, 0.3) is 0 Å². The predicted octanol–water partition coefficient (Wildman–Crippen LogP) is -0.103. The van der Waals surface area contributed by atoms with Gasteiger partial charge in [0.05, 0.1) is 31.1 Å². The quantitative estimate of drug-likeness (QED) is 0.644. The first-order valence-corrected chi connectivity index (χ1v) is 10.9. The highest BCUT2D eigenvalue weighted by Crippen LogP contribution is 2.16. The largest absolute Gasteiger partial charge is 0.333 e. The maximum atomic E-state index is 12.8. The summed E-state index contributed by atoms with van der Waals surface area (Å²) >= 11 is 0. The molecular weight excluding hydrogens is 380 g/mol. The molecule has 1 atom stereocenters. The Morgan fingerprint density at radius 2 is 1.64 bits per heavy atom. The number of carbonyl (C=O) groups excluding carboxylic acids is 2. The molecule has 8 nitrogen and oxygen atoms in total. The molecule has 0 saturated carbocycles. The lowest BCUT2D eigenvalue weighted by molar-refractivity contribution is -0.917. The number of benzene rings is 1. The molecule has 0 aromatic heterocycles. The van der Waals surface area contributed by atoms with E-state index in [1.165, 1.54) is 4.31 Å². The van der Waals surface area contributed by atoms with Crippen LogP contribution >= 0.6 is 0 Å². The van der Waals surface area contributed by atoms with Crippen molar-refractivity contribution in [2.75, 3.05) is 26.2 Å². The van der Waals surface area contributed by atoms with Crippen LogP contribution in [-0.2, 0) is 14.8 Å². The Hall–Kier alpha value is -1.97. The van der Waals surface area contributed by atoms with E-state index in [2.05, 4.69) is 10.6 Å². The van der Waals surface area contributed by atoms with Crippen molar-refractivity contribution in [1.29, 1.82) is 0 Å². The predicted molar refractivity (Wildman–Crippen MR) is 107 cm³/mol. The smallest absolute Gasteiger partial charge is 0.322 e. The third-order valence-electron chi connectivity index (χ3n) is 4.75. The van der Waals surface area contributed by atoms with E-state index in [-0.39, 0.29) is 10.8 Å². The molecule has 1 aliphatic rings. The fraction of sp³-hybridized carbons (Fsp3) is 0.579. The molecule has 0 bridgehead atoms. The zero-order valence-corrected chi connectivity index (χ0v) is 18.0. The Morgan fingerprint density at radius 3 is 2.14 bits per heavy atom. The number of amides is 3. The molecule has 1 aromatic carbocycles. The van der Waals surface area contributed by atoms with Crippen molar-refractivity contribution in [3.05, 3.63) is 29.8 Å². The number of hydrogen-bond donors (Lipinski definition) is 3. The summed E-state index contributed by atoms with van der Waals surface area (Å²) in [6.45, 7) is 10.8. The third kappa shape index (κ3) is 5.76. The van der Waals surface area contributed by atoms with E-state index in [1.807, 2.05) is 27.7 Å². The summed E-state index contributed by atoms with van der Waals surface area (Å²) in [5.41, 5.74) is 0.569. The molecule has 1 heterocycles. The standard InChI is InChI=1S/C19H30N4O4S/c1-14-6-8-16(9-7-14)28(26,27)23-12-10-22(11-13-23)15(2)17(24)20-18(25)21-19(3,4)5/h6-9,15H,10-13H2,1-5H3,(H2,20,21,24,25)/p+1/t15-/m0/s1. The van der Waals surface area contributed by atoms with Crippen LogP contribution in [0, 0.1) is 6.92 Å². The minimum atomic E-state index is -3.53. The molecule has 1 aliphatic heterocycles. The number of aryl methyl sites for hydroxylation is 1. The van der Waals surface area contributed by atoms with E-state index in [1.54, 1.807) is 31.2 Å². The number of hydrogen-bond acceptors (Lipinski definition) is 4. The van der Waals surface area contributed by atoms with Crippen LogP contribution < -0.4 is 15.5 Å². The molecule has 1 aromatic rings. The van der Waals surface area contributed by atoms with E-state index in [0.29, 0.717) is 26.2 Å². The van der Waals surface area contributed by atoms with Gasteiger partial charge in [-0.1, -0.05) is 17.7 Å². The van der Waals surface area contributed by atoms with Crippen molar-refractivity contribution < 1.29 is 22.9 Å². The topological polar surface area (TPSA) is 100 Å². The van der Waals surface area contributed by atoms with E-state index >= 15 is 0 Å². The van der Waals surface area contributed by atoms with Crippen molar-refractivity contribution in [1.82, 2.24) is 14.9 Å². The second-order valence-electron chi connectivity index (χ2n) is 8.29. The Labute approximate surface area is 167 Å². The summed E-state index contributed by atoms with van der Waals surface area (Å²) in [5.74, 6) is -0.369. The van der Waals surface area contributed by atoms with Crippen molar-refractivity contribution in [3.8, 4) is 0 Å². The number of sulfonamides is 1. The van der Waals surface area contributed by atoms with Gasteiger partial charge in [0.15, 0.2) is 6.04 Å². The van der Waals surface area contributed by atoms with E-state index in [0.717, 1.165) is 10.5 Å². The highest BCUT2D eigenvalue weighted by molar-refractivity contribution is 7.89. The lowest BCUT2D eigenvalue weighted by Gasteiger charge is -2.34. The summed E-state index contributed by atoms with van der Waals surface area (Å²) in [5, 5.41) is 5.05. The normalized spacial score (nSPS) is 17.8. The summed E-state index contributed by atoms with van der Waals surface area (Å²) in [4.78, 5) is 25.5. The van der Waals surface area contributed by atoms with Crippen molar-refractivity contribution in [3.63, 3.8) is 0 Å². The van der Waals surface area contributed by atoms with Gasteiger partial charge in [-0.2, -0.15) is 4.31 Å². The van der Waals surface area contributed by atoms with E-state index in [9.17, 15) is 18.0 Å². The number of piperazine rings is 1. The van der Waals surface area contributed by atoms with Crippen LogP contribution in [0.2, 0.25) is 0 Å². The van der Waals surface area contributed by atoms with Gasteiger partial charge in [0, 0.05) is 5.54 Å². The molecule has 28 heavy (non-hydrogen) atoms. The molecule has 3 amide bonds. The van der Waals surface area contributed by atoms with Crippen LogP contribution in [0.3, 0.4) is 0 Å². The van der Waals surface area contributed by atoms with Crippen LogP contribution in [0.4, 0.5) is 4.79 Å². The summed E-state index contributed by atoms with van der Waals surface area (Å²) in [6.07, 6.45) is 0. The summed E-state index contributed by atoms with van der Waals surface area (Å²) in [6, 6.07) is 5.83. The summed E-state index contributed by atoms with van der Waals surface area (Å²) < 4.78 is 27.0. The minimum absolute atomic E-state index is 0.284. The number of quaternary nitrogens is 1. The lowest BCUT2D eigenvalue weighted by atomic mass is 10.1. The van der Waals surface area contributed by atoms with Gasteiger partial charge in [-0.3, -0.25) is 10.1 Å². The van der Waals surface area contributed by atoms with Gasteiger partial charge < -0.3 is 10.2 Å². The first-order valence-electron chi connectivity index (χ1n) is 9.44. The Balaban J connectivity index is 1.93. The highest BCUT2D eigenvalue weighted by atomic mass is 32.2. The molecule has 9 heteroatoms. The number of nitrogens with zero attached hydrogens (tertiary/aromatic N) is 1. The van der Waals surface area contributed by atoms with Gasteiger partial charge in [0.25, 0.3) is 5.91 Å². The molecule has 2 rings (SSSR count). The van der Waals surface area contributed by atoms with Crippen molar-refractivity contribution >= 4 is 22.0 Å². The number of carbonyl (C=O) groups is 2. The first-order chi connectivity index (χ1) is 12.9. The van der Waals surface area contributed by atoms with Crippen molar-refractivity contribution in [2.45, 2.75) is 51.1 Å². The SMILES string of the molecule is Cc1ccc(S(=O)(=O)N2CC[NH+]([C@@H](C)C(=O)NC(=O)NC(C)(C)C)CC2)cc1. The average Bonchev–Trinajstić information content (AvgIpc) is 2.59. The zero-order valence-electron chi connectivity index (χ0n) is 17.2. The van der Waals surface area contributed by atoms with Crippen LogP contribution in [0.1, 0.15) is 33.3 Å². The van der Waals surface area contributed by atoms with Crippen molar-refractivity contribution in [2.24, 2.45) is 0 Å². The average molecular weight is 412 g/mol. The van der Waals surface area contributed by atoms with Gasteiger partial charge in [-0.05, 0) is 46.8 Å². The molecule has 1 fully saturated rings. The lowest BCUT2D eigenvalue weighted by Crippen LogP contribution is -3.19. The minimum Gasteiger partial charge on any atom is -0.333 e. The van der Waals surface area contributed by atoms with Gasteiger partial charge in [-0.25, -0.2) is 13.2 Å². The van der Waals surface area contributed by atoms with Gasteiger partial charge in [0.1, 0.15) is 0 Å². The number of urea groups is 1. The van der Waals surface area contributed by atoms with Crippen LogP contribution in [0.5, 0.6) is 0 Å². The van der Waals surface area contributed by atoms with Gasteiger partial charge in [0.2, 0.25) is 10.0 Å². The summed E-state index contributed by atoms with van der Waals surface area (Å²) in [7, 11) is -3.53. The Morgan fingerprint density at radius 1 is 1.11 bits per heavy atom. The van der Waals surface area contributed by atoms with Gasteiger partial charge in [-0.15, -0.1) is 0 Å². The monoisotopic (exact) mass is 411 g/mol. The Kier molecular flexibility index (Phi) is 6.84. The molecule has 0 spiro atoms. The molecule has 0 radical (unpaired) electrons. The van der Waals surface area contributed by atoms with Gasteiger partial charge >= 0.3 is 6.03 Å². The zero-order chi connectivity index (χ0) is 21.1. The fourth-order valence-corrected chi connectivity index (χ4v) is 4.52. The number of rotatable bonds is 4. The molecule has 0 unspecified atom stereocenters. The molecule has 0 aliphatic carbocycles. The fourth-order valence-electron chi connectivity index (χ4n) is 3.08. The van der Waals surface area contributed by atoms with E-state index in [4.69, 9.17) is 0 Å². The second-order valence-corrected chi connectivity index (χ2v) is 10.2. The third-order valence-corrected chi connectivity index (χ3v) is 6.67.